The summed E-state index contributed by atoms with van der Waals surface area (Å²) in [6.07, 6.45) is 0.436. The van der Waals surface area contributed by atoms with E-state index in [0.717, 1.165) is 6.26 Å². The van der Waals surface area contributed by atoms with E-state index in [-0.39, 0.29) is 18.6 Å². The Kier molecular flexibility index (Phi) is 5.17. The second-order valence-electron chi connectivity index (χ2n) is 5.54. The molecule has 0 radical (unpaired) electrons. The van der Waals surface area contributed by atoms with E-state index in [0.29, 0.717) is 13.2 Å². The third-order valence-corrected chi connectivity index (χ3v) is 2.96. The van der Waals surface area contributed by atoms with Crippen LogP contribution in [0.5, 0.6) is 0 Å². The van der Waals surface area contributed by atoms with E-state index in [9.17, 15) is 13.2 Å². The smallest absolute Gasteiger partial charge is 0.407 e. The number of nitrogens with one attached hydrogen (secondary N) is 1. The molecule has 0 aromatic heterocycles. The molecule has 1 fully saturated rings. The minimum Gasteiger partial charge on any atom is -0.444 e. The van der Waals surface area contributed by atoms with Gasteiger partial charge in [-0.25, -0.2) is 4.79 Å². The van der Waals surface area contributed by atoms with Crippen LogP contribution in [0.4, 0.5) is 4.79 Å². The maximum Gasteiger partial charge on any atom is 0.407 e. The van der Waals surface area contributed by atoms with Gasteiger partial charge in [-0.15, -0.1) is 0 Å². The second kappa shape index (κ2) is 6.06. The van der Waals surface area contributed by atoms with Crippen molar-refractivity contribution in [2.24, 2.45) is 5.92 Å². The van der Waals surface area contributed by atoms with Gasteiger partial charge in [0.05, 0.1) is 32.1 Å². The molecule has 1 rings (SSSR count). The summed E-state index contributed by atoms with van der Waals surface area (Å²) < 4.78 is 36.9. The summed E-state index contributed by atoms with van der Waals surface area (Å²) in [7, 11) is -3.49. The zero-order valence-electron chi connectivity index (χ0n) is 11.6. The molecule has 7 nitrogen and oxygen atoms in total. The number of ether oxygens (including phenoxy) is 2. The lowest BCUT2D eigenvalue weighted by molar-refractivity contribution is 0.0487. The Hall–Kier alpha value is -0.860. The highest BCUT2D eigenvalue weighted by Crippen LogP contribution is 2.16. The first-order valence-electron chi connectivity index (χ1n) is 5.98. The second-order valence-corrected chi connectivity index (χ2v) is 7.18. The molecule has 1 heterocycles. The fourth-order valence-corrected chi connectivity index (χ4v) is 2.01. The number of hydrogen-bond acceptors (Lipinski definition) is 6. The zero-order chi connectivity index (χ0) is 14.7. The summed E-state index contributed by atoms with van der Waals surface area (Å²) in [5.41, 5.74) is -0.581. The number of carbonyl (C=O) groups is 1. The van der Waals surface area contributed by atoms with E-state index >= 15 is 0 Å². The largest absolute Gasteiger partial charge is 0.444 e. The summed E-state index contributed by atoms with van der Waals surface area (Å²) in [5, 5.41) is 2.66. The molecule has 0 unspecified atom stereocenters. The lowest BCUT2D eigenvalue weighted by Crippen LogP contribution is -2.44. The van der Waals surface area contributed by atoms with Crippen LogP contribution in [0, 0.1) is 5.92 Å². The summed E-state index contributed by atoms with van der Waals surface area (Å²) >= 11 is 0. The topological polar surface area (TPSA) is 90.9 Å². The Balaban J connectivity index is 2.46. The van der Waals surface area contributed by atoms with Crippen molar-refractivity contribution in [3.8, 4) is 0 Å². The highest BCUT2D eigenvalue weighted by Gasteiger charge is 2.32. The van der Waals surface area contributed by atoms with Gasteiger partial charge in [0.25, 0.3) is 10.1 Å². The van der Waals surface area contributed by atoms with Crippen molar-refractivity contribution in [1.82, 2.24) is 5.32 Å². The average molecular weight is 295 g/mol. The molecule has 112 valence electrons. The van der Waals surface area contributed by atoms with Gasteiger partial charge in [-0.3, -0.25) is 4.18 Å². The Morgan fingerprint density at radius 3 is 2.53 bits per heavy atom. The van der Waals surface area contributed by atoms with Crippen LogP contribution in [0.15, 0.2) is 0 Å². The number of amides is 1. The predicted octanol–water partition coefficient (Wildman–Crippen LogP) is 0.502. The summed E-state index contributed by atoms with van der Waals surface area (Å²) in [4.78, 5) is 11.6. The summed E-state index contributed by atoms with van der Waals surface area (Å²) in [6, 6.07) is -0.309. The molecule has 8 heteroatoms. The van der Waals surface area contributed by atoms with Crippen LogP contribution in [0.2, 0.25) is 0 Å². The van der Waals surface area contributed by atoms with Gasteiger partial charge in [-0.2, -0.15) is 8.42 Å². The molecule has 0 aromatic carbocycles. The molecule has 2 atom stereocenters. The normalized spacial score (nSPS) is 24.2. The Labute approximate surface area is 113 Å². The SMILES string of the molecule is CC(C)(C)OC(=O)N[C@@H]1COC[C@H]1COS(C)(=O)=O. The van der Waals surface area contributed by atoms with Gasteiger partial charge in [0, 0.05) is 5.92 Å². The van der Waals surface area contributed by atoms with Gasteiger partial charge in [-0.05, 0) is 20.8 Å². The van der Waals surface area contributed by atoms with E-state index in [4.69, 9.17) is 13.7 Å². The van der Waals surface area contributed by atoms with Crippen LogP contribution < -0.4 is 5.32 Å². The van der Waals surface area contributed by atoms with Crippen molar-refractivity contribution in [2.75, 3.05) is 26.1 Å². The lowest BCUT2D eigenvalue weighted by atomic mass is 10.1. The molecule has 1 saturated heterocycles. The van der Waals surface area contributed by atoms with Crippen molar-refractivity contribution >= 4 is 16.2 Å². The Morgan fingerprint density at radius 1 is 1.37 bits per heavy atom. The number of hydrogen-bond donors (Lipinski definition) is 1. The van der Waals surface area contributed by atoms with Crippen LogP contribution in [-0.2, 0) is 23.8 Å². The van der Waals surface area contributed by atoms with Crippen molar-refractivity contribution in [2.45, 2.75) is 32.4 Å². The molecule has 1 N–H and O–H groups in total. The standard InChI is InChI=1S/C11H21NO6S/c1-11(2,3)18-10(13)12-9-7-16-5-8(9)6-17-19(4,14)15/h8-9H,5-7H2,1-4H3,(H,12,13)/t8-,9+/m0/s1. The number of rotatable bonds is 4. The first kappa shape index (κ1) is 16.2. The third kappa shape index (κ3) is 6.74. The molecule has 0 saturated carbocycles. The van der Waals surface area contributed by atoms with Crippen molar-refractivity contribution in [3.63, 3.8) is 0 Å². The van der Waals surface area contributed by atoms with Crippen LogP contribution in [0.25, 0.3) is 0 Å². The number of carbonyl (C=O) groups excluding carboxylic acids is 1. The maximum atomic E-state index is 11.6. The third-order valence-electron chi connectivity index (χ3n) is 2.40. The van der Waals surface area contributed by atoms with Crippen LogP contribution in [0.1, 0.15) is 20.8 Å². The molecular weight excluding hydrogens is 274 g/mol. The van der Waals surface area contributed by atoms with Gasteiger partial charge in [-0.1, -0.05) is 0 Å². The van der Waals surface area contributed by atoms with E-state index in [1.165, 1.54) is 0 Å². The van der Waals surface area contributed by atoms with Crippen molar-refractivity contribution in [3.05, 3.63) is 0 Å². The van der Waals surface area contributed by atoms with Crippen molar-refractivity contribution < 1.29 is 26.9 Å². The van der Waals surface area contributed by atoms with Crippen LogP contribution in [-0.4, -0.2) is 52.2 Å². The fraction of sp³-hybridized carbons (Fsp3) is 0.909. The molecule has 0 bridgehead atoms. The molecule has 1 aliphatic rings. The average Bonchev–Trinajstić information content (AvgIpc) is 2.57. The molecule has 1 aliphatic heterocycles. The first-order chi connectivity index (χ1) is 8.57. The highest BCUT2D eigenvalue weighted by atomic mass is 32.2. The minimum absolute atomic E-state index is 0.0146. The van der Waals surface area contributed by atoms with Crippen LogP contribution >= 0.6 is 0 Å². The van der Waals surface area contributed by atoms with E-state index in [1.807, 2.05) is 0 Å². The maximum absolute atomic E-state index is 11.6. The molecule has 0 aromatic rings. The molecule has 0 spiro atoms. The fourth-order valence-electron chi connectivity index (χ4n) is 1.59. The van der Waals surface area contributed by atoms with E-state index < -0.39 is 21.8 Å². The van der Waals surface area contributed by atoms with Gasteiger partial charge < -0.3 is 14.8 Å². The Bertz CT molecular complexity index is 413. The molecule has 1 amide bonds. The lowest BCUT2D eigenvalue weighted by Gasteiger charge is -2.23. The number of alkyl carbamates (subject to hydrolysis) is 1. The van der Waals surface area contributed by atoms with Crippen LogP contribution in [0.3, 0.4) is 0 Å². The molecule has 19 heavy (non-hydrogen) atoms. The summed E-state index contributed by atoms with van der Waals surface area (Å²) in [5.74, 6) is -0.206. The van der Waals surface area contributed by atoms with Gasteiger partial charge in [0.15, 0.2) is 0 Å². The highest BCUT2D eigenvalue weighted by molar-refractivity contribution is 7.85. The summed E-state index contributed by atoms with van der Waals surface area (Å²) in [6.45, 7) is 5.94. The quantitative estimate of drug-likeness (QED) is 0.760. The van der Waals surface area contributed by atoms with Gasteiger partial charge in [0.2, 0.25) is 0 Å². The molecule has 0 aliphatic carbocycles. The molecular formula is C11H21NO6S. The van der Waals surface area contributed by atoms with Gasteiger partial charge in [0.1, 0.15) is 5.60 Å². The van der Waals surface area contributed by atoms with Crippen molar-refractivity contribution in [1.29, 1.82) is 0 Å². The van der Waals surface area contributed by atoms with Gasteiger partial charge >= 0.3 is 6.09 Å². The Morgan fingerprint density at radius 2 is 2.00 bits per heavy atom. The van der Waals surface area contributed by atoms with E-state index in [2.05, 4.69) is 5.32 Å². The monoisotopic (exact) mass is 295 g/mol. The zero-order valence-corrected chi connectivity index (χ0v) is 12.5. The predicted molar refractivity (Wildman–Crippen MR) is 68.3 cm³/mol. The first-order valence-corrected chi connectivity index (χ1v) is 7.80. The minimum atomic E-state index is -3.49. The van der Waals surface area contributed by atoms with E-state index in [1.54, 1.807) is 20.8 Å².